The molecule has 2 aromatic rings. The SMILES string of the molecule is CC1N=C(c2ccccc2)N(C)C(c2ccccc2)N1. The second kappa shape index (κ2) is 5.47. The molecule has 0 radical (unpaired) electrons. The van der Waals surface area contributed by atoms with Crippen molar-refractivity contribution in [3.63, 3.8) is 0 Å². The van der Waals surface area contributed by atoms with Gasteiger partial charge >= 0.3 is 0 Å². The van der Waals surface area contributed by atoms with E-state index in [2.05, 4.69) is 72.7 Å². The second-order valence-electron chi connectivity index (χ2n) is 5.09. The van der Waals surface area contributed by atoms with Gasteiger partial charge in [-0.2, -0.15) is 0 Å². The molecule has 2 aromatic carbocycles. The van der Waals surface area contributed by atoms with Gasteiger partial charge in [0.2, 0.25) is 0 Å². The third-order valence-electron chi connectivity index (χ3n) is 3.58. The van der Waals surface area contributed by atoms with Gasteiger partial charge in [0.1, 0.15) is 18.2 Å². The normalized spacial score (nSPS) is 22.5. The van der Waals surface area contributed by atoms with E-state index in [1.165, 1.54) is 5.56 Å². The minimum absolute atomic E-state index is 0.103. The summed E-state index contributed by atoms with van der Waals surface area (Å²) < 4.78 is 0. The van der Waals surface area contributed by atoms with Crippen molar-refractivity contribution in [2.75, 3.05) is 7.05 Å². The smallest absolute Gasteiger partial charge is 0.133 e. The van der Waals surface area contributed by atoms with E-state index >= 15 is 0 Å². The topological polar surface area (TPSA) is 27.6 Å². The highest BCUT2D eigenvalue weighted by molar-refractivity contribution is 5.99. The molecule has 0 aromatic heterocycles. The Morgan fingerprint density at radius 2 is 1.55 bits per heavy atom. The van der Waals surface area contributed by atoms with Gasteiger partial charge in [-0.1, -0.05) is 60.7 Å². The first-order valence-electron chi connectivity index (χ1n) is 6.93. The van der Waals surface area contributed by atoms with Crippen LogP contribution in [0.3, 0.4) is 0 Å². The molecule has 1 N–H and O–H groups in total. The van der Waals surface area contributed by atoms with Crippen molar-refractivity contribution in [1.29, 1.82) is 0 Å². The lowest BCUT2D eigenvalue weighted by Crippen LogP contribution is -2.48. The monoisotopic (exact) mass is 265 g/mol. The van der Waals surface area contributed by atoms with Gasteiger partial charge in [0.15, 0.2) is 0 Å². The van der Waals surface area contributed by atoms with Crippen LogP contribution in [0.1, 0.15) is 24.2 Å². The van der Waals surface area contributed by atoms with Crippen LogP contribution in [0.25, 0.3) is 0 Å². The van der Waals surface area contributed by atoms with Crippen LogP contribution < -0.4 is 5.32 Å². The Balaban J connectivity index is 1.97. The van der Waals surface area contributed by atoms with E-state index in [0.717, 1.165) is 11.4 Å². The molecule has 3 nitrogen and oxygen atoms in total. The Morgan fingerprint density at radius 1 is 0.950 bits per heavy atom. The van der Waals surface area contributed by atoms with Crippen molar-refractivity contribution >= 4 is 5.84 Å². The van der Waals surface area contributed by atoms with Crippen molar-refractivity contribution < 1.29 is 0 Å². The average molecular weight is 265 g/mol. The van der Waals surface area contributed by atoms with Gasteiger partial charge in [-0.15, -0.1) is 0 Å². The molecule has 0 bridgehead atoms. The summed E-state index contributed by atoms with van der Waals surface area (Å²) in [4.78, 5) is 6.94. The number of benzene rings is 2. The van der Waals surface area contributed by atoms with Crippen molar-refractivity contribution in [3.8, 4) is 0 Å². The molecule has 0 fully saturated rings. The fourth-order valence-corrected chi connectivity index (χ4v) is 2.59. The van der Waals surface area contributed by atoms with Crippen LogP contribution in [0, 0.1) is 0 Å². The molecule has 3 rings (SSSR count). The van der Waals surface area contributed by atoms with E-state index in [-0.39, 0.29) is 12.3 Å². The van der Waals surface area contributed by atoms with Gasteiger partial charge in [0.25, 0.3) is 0 Å². The predicted octanol–water partition coefficient (Wildman–Crippen LogP) is 3.01. The molecule has 0 saturated heterocycles. The van der Waals surface area contributed by atoms with Crippen molar-refractivity contribution in [2.24, 2.45) is 4.99 Å². The third kappa shape index (κ3) is 2.45. The highest BCUT2D eigenvalue weighted by atomic mass is 15.4. The van der Waals surface area contributed by atoms with Crippen LogP contribution >= 0.6 is 0 Å². The maximum absolute atomic E-state index is 4.74. The van der Waals surface area contributed by atoms with E-state index in [1.54, 1.807) is 0 Å². The standard InChI is InChI=1S/C17H19N3/c1-13-18-16(14-9-5-3-6-10-14)20(2)17(19-13)15-11-7-4-8-12-15/h3-13,16,18H,1-2H3. The Bertz CT molecular complexity index is 592. The van der Waals surface area contributed by atoms with Crippen LogP contribution in [0.5, 0.6) is 0 Å². The number of nitrogens with one attached hydrogen (secondary N) is 1. The minimum atomic E-state index is 0.103. The third-order valence-corrected chi connectivity index (χ3v) is 3.58. The number of rotatable bonds is 2. The van der Waals surface area contributed by atoms with Crippen LogP contribution in [-0.4, -0.2) is 23.9 Å². The summed E-state index contributed by atoms with van der Waals surface area (Å²) in [6, 6.07) is 20.8. The van der Waals surface area contributed by atoms with E-state index in [4.69, 9.17) is 4.99 Å². The summed E-state index contributed by atoms with van der Waals surface area (Å²) in [6.45, 7) is 2.09. The van der Waals surface area contributed by atoms with E-state index < -0.39 is 0 Å². The molecule has 0 saturated carbocycles. The van der Waals surface area contributed by atoms with Gasteiger partial charge in [-0.25, -0.2) is 4.99 Å². The Kier molecular flexibility index (Phi) is 3.52. The molecule has 1 aliphatic rings. The highest BCUT2D eigenvalue weighted by Crippen LogP contribution is 2.23. The van der Waals surface area contributed by atoms with Crippen molar-refractivity contribution in [3.05, 3.63) is 71.8 Å². The summed E-state index contributed by atoms with van der Waals surface area (Å²) in [6.07, 6.45) is 0.255. The van der Waals surface area contributed by atoms with Crippen LogP contribution in [0.15, 0.2) is 65.7 Å². The van der Waals surface area contributed by atoms with Crippen LogP contribution in [0.4, 0.5) is 0 Å². The zero-order valence-electron chi connectivity index (χ0n) is 11.8. The van der Waals surface area contributed by atoms with E-state index in [0.29, 0.717) is 0 Å². The number of hydrogen-bond acceptors (Lipinski definition) is 3. The molecule has 0 amide bonds. The molecular weight excluding hydrogens is 246 g/mol. The van der Waals surface area contributed by atoms with Gasteiger partial charge in [-0.05, 0) is 12.5 Å². The maximum Gasteiger partial charge on any atom is 0.133 e. The first-order chi connectivity index (χ1) is 9.75. The average Bonchev–Trinajstić information content (AvgIpc) is 2.51. The quantitative estimate of drug-likeness (QED) is 0.904. The number of aliphatic imine (C=N–C) groups is 1. The van der Waals surface area contributed by atoms with Gasteiger partial charge in [-0.3, -0.25) is 5.32 Å². The molecule has 1 heterocycles. The van der Waals surface area contributed by atoms with Crippen LogP contribution in [0.2, 0.25) is 0 Å². The van der Waals surface area contributed by atoms with Crippen molar-refractivity contribution in [2.45, 2.75) is 19.3 Å². The number of amidine groups is 1. The first-order valence-corrected chi connectivity index (χ1v) is 6.93. The fourth-order valence-electron chi connectivity index (χ4n) is 2.59. The molecule has 0 spiro atoms. The summed E-state index contributed by atoms with van der Waals surface area (Å²) >= 11 is 0. The van der Waals surface area contributed by atoms with Crippen LogP contribution in [-0.2, 0) is 0 Å². The lowest BCUT2D eigenvalue weighted by Gasteiger charge is -2.38. The fraction of sp³-hybridized carbons (Fsp3) is 0.235. The number of hydrogen-bond donors (Lipinski definition) is 1. The Hall–Kier alpha value is -2.13. The first kappa shape index (κ1) is 12.9. The molecule has 20 heavy (non-hydrogen) atoms. The largest absolute Gasteiger partial charge is 0.340 e. The van der Waals surface area contributed by atoms with Crippen molar-refractivity contribution in [1.82, 2.24) is 10.2 Å². The highest BCUT2D eigenvalue weighted by Gasteiger charge is 2.26. The summed E-state index contributed by atoms with van der Waals surface area (Å²) in [7, 11) is 2.09. The minimum Gasteiger partial charge on any atom is -0.340 e. The molecule has 2 unspecified atom stereocenters. The second-order valence-corrected chi connectivity index (χ2v) is 5.09. The zero-order valence-corrected chi connectivity index (χ0v) is 11.8. The zero-order chi connectivity index (χ0) is 13.9. The molecular formula is C17H19N3. The molecule has 2 atom stereocenters. The summed E-state index contributed by atoms with van der Waals surface area (Å²) in [5.74, 6) is 1.03. The van der Waals surface area contributed by atoms with E-state index in [1.807, 2.05) is 12.1 Å². The van der Waals surface area contributed by atoms with E-state index in [9.17, 15) is 0 Å². The maximum atomic E-state index is 4.74. The van der Waals surface area contributed by atoms with Gasteiger partial charge in [0, 0.05) is 12.6 Å². The molecule has 3 heteroatoms. The molecule has 102 valence electrons. The molecule has 1 aliphatic heterocycles. The van der Waals surface area contributed by atoms with Gasteiger partial charge in [0.05, 0.1) is 0 Å². The lowest BCUT2D eigenvalue weighted by atomic mass is 10.1. The summed E-state index contributed by atoms with van der Waals surface area (Å²) in [5, 5.41) is 3.52. The Morgan fingerprint density at radius 3 is 2.20 bits per heavy atom. The Labute approximate surface area is 120 Å². The molecule has 0 aliphatic carbocycles. The number of nitrogens with zero attached hydrogens (tertiary/aromatic N) is 2. The summed E-state index contributed by atoms with van der Waals surface area (Å²) in [5.41, 5.74) is 2.41. The van der Waals surface area contributed by atoms with Gasteiger partial charge < -0.3 is 4.90 Å². The predicted molar refractivity (Wildman–Crippen MR) is 82.5 cm³/mol. The lowest BCUT2D eigenvalue weighted by molar-refractivity contribution is 0.263.